The zero-order chi connectivity index (χ0) is 16.1. The van der Waals surface area contributed by atoms with Gasteiger partial charge in [-0.15, -0.1) is 0 Å². The summed E-state index contributed by atoms with van der Waals surface area (Å²) in [6.07, 6.45) is 1.20. The monoisotopic (exact) mass is 422 g/mol. The molecule has 0 heterocycles. The normalized spacial score (nSPS) is 10.7. The predicted octanol–water partition coefficient (Wildman–Crippen LogP) is -1.24. The second kappa shape index (κ2) is 10.7. The zero-order valence-electron chi connectivity index (χ0n) is 16.3. The Kier molecular flexibility index (Phi) is 9.64. The van der Waals surface area contributed by atoms with Crippen LogP contribution in [-0.4, -0.2) is 6.16 Å². The molecule has 0 aliphatic rings. The topological polar surface area (TPSA) is 0 Å². The minimum absolute atomic E-state index is 0. The van der Waals surface area contributed by atoms with E-state index in [4.69, 9.17) is 0 Å². The molecule has 0 atom stereocenters. The van der Waals surface area contributed by atoms with Gasteiger partial charge >= 0.3 is 29.6 Å². The quantitative estimate of drug-likeness (QED) is 0.356. The third-order valence-corrected chi connectivity index (χ3v) is 9.05. The molecule has 0 aromatic heterocycles. The minimum atomic E-state index is -1.61. The Balaban J connectivity index is 0.00000208. The van der Waals surface area contributed by atoms with E-state index in [1.54, 1.807) is 0 Å². The predicted molar refractivity (Wildman–Crippen MR) is 106 cm³/mol. The van der Waals surface area contributed by atoms with Gasteiger partial charge in [0, 0.05) is 0 Å². The first-order valence-corrected chi connectivity index (χ1v) is 10.3. The Morgan fingerprint density at radius 2 is 0.920 bits per heavy atom. The number of halogens is 1. The largest absolute Gasteiger partial charge is 1.00 e. The average molecular weight is 423 g/mol. The Morgan fingerprint density at radius 3 is 1.16 bits per heavy atom. The summed E-state index contributed by atoms with van der Waals surface area (Å²) < 4.78 is 0. The van der Waals surface area contributed by atoms with Gasteiger partial charge in [-0.3, -0.25) is 0 Å². The molecule has 3 aromatic rings. The Hall–Kier alpha value is -0.430. The van der Waals surface area contributed by atoms with Gasteiger partial charge in [0.15, 0.2) is 0 Å². The number of hydrogen-bond acceptors (Lipinski definition) is 0. The van der Waals surface area contributed by atoms with Gasteiger partial charge < -0.3 is 18.4 Å². The number of benzene rings is 3. The maximum absolute atomic E-state index is 2.34. The fourth-order valence-corrected chi connectivity index (χ4v) is 8.02. The molecule has 0 unspecified atom stereocenters. The van der Waals surface area contributed by atoms with Gasteiger partial charge in [-0.2, -0.15) is 0 Å². The summed E-state index contributed by atoms with van der Waals surface area (Å²) in [6, 6.07) is 33.3. The van der Waals surface area contributed by atoms with Gasteiger partial charge in [-0.25, -0.2) is 0 Å². The fourth-order valence-electron chi connectivity index (χ4n) is 3.36. The third-order valence-electron chi connectivity index (χ3n) is 4.23. The first-order valence-electron chi connectivity index (χ1n) is 8.28. The van der Waals surface area contributed by atoms with Crippen LogP contribution in [0, 0.1) is 5.92 Å². The molecule has 0 saturated carbocycles. The number of rotatable bonds is 5. The van der Waals surface area contributed by atoms with Crippen molar-refractivity contribution in [2.24, 2.45) is 5.92 Å². The molecule has 0 aliphatic heterocycles. The van der Waals surface area contributed by atoms with Crippen molar-refractivity contribution in [2.45, 2.75) is 13.8 Å². The van der Waals surface area contributed by atoms with Gasteiger partial charge in [-0.1, -0.05) is 68.4 Å². The summed E-state index contributed by atoms with van der Waals surface area (Å²) >= 11 is 0. The molecular weight excluding hydrogens is 398 g/mol. The molecule has 25 heavy (non-hydrogen) atoms. The zero-order valence-corrected chi connectivity index (χ0v) is 19.8. The van der Waals surface area contributed by atoms with Crippen molar-refractivity contribution in [2.75, 3.05) is 6.16 Å². The molecule has 0 radical (unpaired) electrons. The van der Waals surface area contributed by atoms with Gasteiger partial charge in [0.2, 0.25) is 0 Å². The summed E-state index contributed by atoms with van der Waals surface area (Å²) in [4.78, 5) is 0. The van der Waals surface area contributed by atoms with Crippen LogP contribution in [0.2, 0.25) is 0 Å². The molecule has 0 saturated heterocycles. The average Bonchev–Trinajstić information content (AvgIpc) is 2.62. The van der Waals surface area contributed by atoms with E-state index in [9.17, 15) is 0 Å². The van der Waals surface area contributed by atoms with Gasteiger partial charge in [0.05, 0.1) is 6.16 Å². The molecule has 3 rings (SSSR count). The van der Waals surface area contributed by atoms with Crippen LogP contribution in [0.5, 0.6) is 0 Å². The molecule has 3 heteroatoms. The smallest absolute Gasteiger partial charge is 1.00 e. The maximum atomic E-state index is 2.34. The van der Waals surface area contributed by atoms with Crippen molar-refractivity contribution in [3.05, 3.63) is 91.0 Å². The van der Waals surface area contributed by atoms with Gasteiger partial charge in [0.1, 0.15) is 23.2 Å². The van der Waals surface area contributed by atoms with Crippen LogP contribution < -0.4 is 62.5 Å². The van der Waals surface area contributed by atoms with Crippen molar-refractivity contribution in [3.8, 4) is 0 Å². The van der Waals surface area contributed by atoms with Crippen molar-refractivity contribution in [3.63, 3.8) is 0 Å². The van der Waals surface area contributed by atoms with Crippen LogP contribution in [0.25, 0.3) is 0 Å². The van der Waals surface area contributed by atoms with Crippen LogP contribution in [0.3, 0.4) is 0 Å². The SMILES string of the molecule is CC(C)C[P+](c1ccccc1)(c1ccccc1)c1ccccc1.[Br-].[H-].[Na+]. The maximum Gasteiger partial charge on any atom is 1.00 e. The van der Waals surface area contributed by atoms with Crippen molar-refractivity contribution in [1.29, 1.82) is 0 Å². The van der Waals surface area contributed by atoms with E-state index < -0.39 is 7.26 Å². The Bertz CT molecular complexity index is 639. The number of hydrogen-bond donors (Lipinski definition) is 0. The molecule has 0 spiro atoms. The van der Waals surface area contributed by atoms with E-state index in [0.717, 1.165) is 0 Å². The summed E-state index contributed by atoms with van der Waals surface area (Å²) in [6.45, 7) is 4.67. The van der Waals surface area contributed by atoms with Crippen molar-refractivity contribution >= 4 is 23.2 Å². The molecule has 0 N–H and O–H groups in total. The Labute approximate surface area is 187 Å². The van der Waals surface area contributed by atoms with Crippen LogP contribution in [0.1, 0.15) is 15.3 Å². The Morgan fingerprint density at radius 1 is 0.640 bits per heavy atom. The van der Waals surface area contributed by atoms with E-state index in [1.807, 2.05) is 0 Å². The minimum Gasteiger partial charge on any atom is -1.00 e. The third kappa shape index (κ3) is 5.06. The van der Waals surface area contributed by atoms with Gasteiger partial charge in [-0.05, 0) is 42.3 Å². The van der Waals surface area contributed by atoms with Gasteiger partial charge in [0.25, 0.3) is 0 Å². The van der Waals surface area contributed by atoms with E-state index in [0.29, 0.717) is 5.92 Å². The summed E-state index contributed by atoms with van der Waals surface area (Å²) in [5, 5.41) is 4.43. The molecular formula is C22H25BrNaP. The van der Waals surface area contributed by atoms with Crippen LogP contribution in [0.15, 0.2) is 91.0 Å². The molecule has 0 bridgehead atoms. The molecule has 0 nitrogen and oxygen atoms in total. The molecule has 0 amide bonds. The summed E-state index contributed by atoms with van der Waals surface area (Å²) in [5.74, 6) is 0.643. The molecule has 3 aromatic carbocycles. The van der Waals surface area contributed by atoms with Crippen LogP contribution in [0.4, 0.5) is 0 Å². The van der Waals surface area contributed by atoms with E-state index in [1.165, 1.54) is 22.1 Å². The summed E-state index contributed by atoms with van der Waals surface area (Å²) in [5.41, 5.74) is 0. The second-order valence-corrected chi connectivity index (χ2v) is 9.93. The van der Waals surface area contributed by atoms with E-state index >= 15 is 0 Å². The molecule has 0 fully saturated rings. The van der Waals surface area contributed by atoms with Crippen LogP contribution >= 0.6 is 7.26 Å². The second-order valence-electron chi connectivity index (χ2n) is 6.39. The standard InChI is InChI=1S/C22H24P.BrH.Na.H/c1-19(2)18-23(20-12-6-3-7-13-20,21-14-8-4-9-15-21)22-16-10-5-11-17-22;;;/h3-17,19H,18H2,1-2H3;1H;;/q+1;;+1;-1/p-1. The first-order chi connectivity index (χ1) is 11.2. The van der Waals surface area contributed by atoms with E-state index in [2.05, 4.69) is 105 Å². The first kappa shape index (κ1) is 22.6. The van der Waals surface area contributed by atoms with E-state index in [-0.39, 0.29) is 48.0 Å². The fraction of sp³-hybridized carbons (Fsp3) is 0.182. The van der Waals surface area contributed by atoms with Crippen molar-refractivity contribution < 1.29 is 48.0 Å². The molecule has 126 valence electrons. The summed E-state index contributed by atoms with van der Waals surface area (Å²) in [7, 11) is -1.61. The van der Waals surface area contributed by atoms with Crippen molar-refractivity contribution in [1.82, 2.24) is 0 Å². The van der Waals surface area contributed by atoms with Crippen LogP contribution in [-0.2, 0) is 0 Å². The molecule has 0 aliphatic carbocycles.